The molecule has 0 fully saturated rings. The maximum atomic E-state index is 10.9. The van der Waals surface area contributed by atoms with Gasteiger partial charge in [-0.3, -0.25) is 4.21 Å². The van der Waals surface area contributed by atoms with Gasteiger partial charge in [0.1, 0.15) is 0 Å². The van der Waals surface area contributed by atoms with Crippen LogP contribution in [0.1, 0.15) is 27.7 Å². The summed E-state index contributed by atoms with van der Waals surface area (Å²) in [5.41, 5.74) is 0.202. The summed E-state index contributed by atoms with van der Waals surface area (Å²) in [6, 6.07) is 0. The van der Waals surface area contributed by atoms with Gasteiger partial charge in [-0.15, -0.1) is 0 Å². The fourth-order valence-corrected chi connectivity index (χ4v) is 0.835. The highest BCUT2D eigenvalue weighted by Gasteiger charge is 2.06. The van der Waals surface area contributed by atoms with E-state index in [2.05, 4.69) is 26.8 Å². The Morgan fingerprint density at radius 2 is 1.82 bits per heavy atom. The van der Waals surface area contributed by atoms with Gasteiger partial charge in [0.25, 0.3) is 0 Å². The van der Waals surface area contributed by atoms with Gasteiger partial charge in [-0.25, -0.2) is 0 Å². The molecule has 0 aromatic rings. The van der Waals surface area contributed by atoms with E-state index >= 15 is 0 Å². The van der Waals surface area contributed by atoms with Gasteiger partial charge in [0, 0.05) is 22.3 Å². The lowest BCUT2D eigenvalue weighted by Crippen LogP contribution is -2.07. The first-order chi connectivity index (χ1) is 4.83. The van der Waals surface area contributed by atoms with Crippen LogP contribution in [0.2, 0.25) is 0 Å². The van der Waals surface area contributed by atoms with Gasteiger partial charge in [0.2, 0.25) is 0 Å². The van der Waals surface area contributed by atoms with Gasteiger partial charge >= 0.3 is 0 Å². The third-order valence-electron chi connectivity index (χ3n) is 1.39. The Morgan fingerprint density at radius 1 is 1.36 bits per heavy atom. The zero-order valence-electron chi connectivity index (χ0n) is 8.05. The molecule has 0 rings (SSSR count). The largest absolute Gasteiger partial charge is 0.259 e. The quantitative estimate of drug-likeness (QED) is 0.587. The third-order valence-corrected chi connectivity index (χ3v) is 2.60. The van der Waals surface area contributed by atoms with E-state index in [0.29, 0.717) is 0 Å². The highest BCUT2D eigenvalue weighted by molar-refractivity contribution is 7.85. The minimum atomic E-state index is -0.732. The molecular formula is C9H18OS. The van der Waals surface area contributed by atoms with E-state index in [1.54, 1.807) is 6.26 Å². The molecule has 0 spiro atoms. The number of hydrogen-bond acceptors (Lipinski definition) is 1. The van der Waals surface area contributed by atoms with Crippen LogP contribution in [0.15, 0.2) is 12.2 Å². The molecule has 66 valence electrons. The van der Waals surface area contributed by atoms with Gasteiger partial charge in [0.15, 0.2) is 0 Å². The molecule has 0 aliphatic rings. The molecule has 11 heavy (non-hydrogen) atoms. The summed E-state index contributed by atoms with van der Waals surface area (Å²) in [5, 5.41) is 0.175. The highest BCUT2D eigenvalue weighted by Crippen LogP contribution is 2.15. The Hall–Kier alpha value is -0.110. The molecular weight excluding hydrogens is 156 g/mol. The van der Waals surface area contributed by atoms with E-state index in [4.69, 9.17) is 0 Å². The summed E-state index contributed by atoms with van der Waals surface area (Å²) < 4.78 is 10.9. The second-order valence-corrected chi connectivity index (χ2v) is 5.67. The van der Waals surface area contributed by atoms with E-state index < -0.39 is 10.8 Å². The summed E-state index contributed by atoms with van der Waals surface area (Å²) in [5.74, 6) is 0. The van der Waals surface area contributed by atoms with Crippen LogP contribution in [0.25, 0.3) is 0 Å². The van der Waals surface area contributed by atoms with Gasteiger partial charge in [-0.05, 0) is 12.3 Å². The van der Waals surface area contributed by atoms with Crippen molar-refractivity contribution in [2.24, 2.45) is 5.41 Å². The van der Waals surface area contributed by atoms with E-state index in [1.165, 1.54) is 0 Å². The van der Waals surface area contributed by atoms with E-state index in [9.17, 15) is 4.21 Å². The number of allylic oxidation sites excluding steroid dienone is 1. The summed E-state index contributed by atoms with van der Waals surface area (Å²) in [7, 11) is -0.732. The van der Waals surface area contributed by atoms with Crippen molar-refractivity contribution < 1.29 is 4.21 Å². The zero-order valence-corrected chi connectivity index (χ0v) is 8.87. The normalized spacial score (nSPS) is 18.6. The Balaban J connectivity index is 4.04. The fraction of sp³-hybridized carbons (Fsp3) is 0.778. The van der Waals surface area contributed by atoms with Crippen molar-refractivity contribution in [1.29, 1.82) is 0 Å². The molecule has 0 N–H and O–H groups in total. The standard InChI is InChI=1S/C9H18OS/c1-8(11(5)10)6-7-9(2,3)4/h6-8H,1-5H3/b7-6+. The smallest absolute Gasteiger partial charge is 0.0496 e. The van der Waals surface area contributed by atoms with Crippen LogP contribution in [-0.2, 0) is 10.8 Å². The van der Waals surface area contributed by atoms with Gasteiger partial charge in [0.05, 0.1) is 0 Å². The second-order valence-electron chi connectivity index (χ2n) is 3.93. The maximum absolute atomic E-state index is 10.9. The van der Waals surface area contributed by atoms with Crippen LogP contribution in [0.3, 0.4) is 0 Å². The van der Waals surface area contributed by atoms with Gasteiger partial charge in [-0.2, -0.15) is 0 Å². The Kier molecular flexibility index (Phi) is 4.01. The van der Waals surface area contributed by atoms with Crippen molar-refractivity contribution in [1.82, 2.24) is 0 Å². The lowest BCUT2D eigenvalue weighted by atomic mass is 9.96. The molecule has 0 heterocycles. The number of rotatable bonds is 2. The molecule has 0 aromatic heterocycles. The van der Waals surface area contributed by atoms with Crippen molar-refractivity contribution in [3.63, 3.8) is 0 Å². The predicted molar refractivity (Wildman–Crippen MR) is 52.1 cm³/mol. The summed E-state index contributed by atoms with van der Waals surface area (Å²) >= 11 is 0. The summed E-state index contributed by atoms with van der Waals surface area (Å²) in [4.78, 5) is 0. The van der Waals surface area contributed by atoms with Gasteiger partial charge in [-0.1, -0.05) is 32.9 Å². The first kappa shape index (κ1) is 10.9. The molecule has 0 aromatic carbocycles. The topological polar surface area (TPSA) is 17.1 Å². The summed E-state index contributed by atoms with van der Waals surface area (Å²) in [6.45, 7) is 8.37. The second kappa shape index (κ2) is 4.05. The van der Waals surface area contributed by atoms with Crippen LogP contribution >= 0.6 is 0 Å². The average Bonchev–Trinajstić information content (AvgIpc) is 1.80. The molecule has 0 aliphatic heterocycles. The average molecular weight is 174 g/mol. The van der Waals surface area contributed by atoms with E-state index in [1.807, 2.05) is 13.0 Å². The SMILES string of the molecule is CC(/C=C/C(C)(C)C)S(C)=O. The van der Waals surface area contributed by atoms with Crippen LogP contribution in [0.5, 0.6) is 0 Å². The van der Waals surface area contributed by atoms with Crippen molar-refractivity contribution in [3.8, 4) is 0 Å². The Morgan fingerprint density at radius 3 is 2.09 bits per heavy atom. The molecule has 2 unspecified atom stereocenters. The molecule has 0 saturated carbocycles. The van der Waals surface area contributed by atoms with Crippen LogP contribution in [0, 0.1) is 5.41 Å². The van der Waals surface area contributed by atoms with E-state index in [0.717, 1.165) is 0 Å². The first-order valence-electron chi connectivity index (χ1n) is 3.84. The molecule has 0 bridgehead atoms. The molecule has 0 saturated heterocycles. The third kappa shape index (κ3) is 6.29. The van der Waals surface area contributed by atoms with E-state index in [-0.39, 0.29) is 10.7 Å². The van der Waals surface area contributed by atoms with Crippen LogP contribution < -0.4 is 0 Å². The van der Waals surface area contributed by atoms with Crippen molar-refractivity contribution >= 4 is 10.8 Å². The molecule has 2 atom stereocenters. The molecule has 0 aliphatic carbocycles. The zero-order chi connectivity index (χ0) is 9.07. The van der Waals surface area contributed by atoms with Gasteiger partial charge < -0.3 is 0 Å². The Bertz CT molecular complexity index is 165. The monoisotopic (exact) mass is 174 g/mol. The maximum Gasteiger partial charge on any atom is 0.0496 e. The highest BCUT2D eigenvalue weighted by atomic mass is 32.2. The minimum Gasteiger partial charge on any atom is -0.259 e. The van der Waals surface area contributed by atoms with Crippen LogP contribution in [0.4, 0.5) is 0 Å². The first-order valence-corrected chi connectivity index (χ1v) is 5.46. The van der Waals surface area contributed by atoms with Crippen molar-refractivity contribution in [3.05, 3.63) is 12.2 Å². The molecule has 1 nitrogen and oxygen atoms in total. The fourth-order valence-electron chi connectivity index (χ4n) is 0.535. The minimum absolute atomic E-state index is 0.175. The molecule has 2 heteroatoms. The Labute approximate surface area is 72.3 Å². The van der Waals surface area contributed by atoms with Crippen molar-refractivity contribution in [2.45, 2.75) is 32.9 Å². The summed E-state index contributed by atoms with van der Waals surface area (Å²) in [6.07, 6.45) is 5.87. The van der Waals surface area contributed by atoms with Crippen LogP contribution in [-0.4, -0.2) is 15.7 Å². The predicted octanol–water partition coefficient (Wildman–Crippen LogP) is 2.36. The molecule has 0 amide bonds. The molecule has 0 radical (unpaired) electrons. The lowest BCUT2D eigenvalue weighted by Gasteiger charge is -2.12. The van der Waals surface area contributed by atoms with Crippen molar-refractivity contribution in [2.75, 3.05) is 6.26 Å². The lowest BCUT2D eigenvalue weighted by molar-refractivity contribution is 0.542. The number of hydrogen-bond donors (Lipinski definition) is 0.